The summed E-state index contributed by atoms with van der Waals surface area (Å²) < 4.78 is 41.4. The summed E-state index contributed by atoms with van der Waals surface area (Å²) in [4.78, 5) is 46.4. The Morgan fingerprint density at radius 1 is 0.485 bits per heavy atom. The standard InChI is InChI=1S/C21H24O3.C14H20O3.C13H24O3.C8H16O3/c1-4-21(2,3)20(22)24-14-23-13-19-17-11-7-5-9-15(17)16-10-6-8-12-18(16)19;1-4-14(2,3)13(15)17-11-16-10-12-8-6-5-7-9-12;1-4-13(2,3)12(14)16-10-15-11-8-6-5-7-9-11;1-5-8(2,3)7(9)11-6-10-4/h5-12,19H,4,13-14H2,1-3H3;5-9H,4,10-11H2,1-3H3;11H,4-10H2,1-3H3;5-6H2,1-4H3. The molecule has 3 aromatic carbocycles. The molecule has 2 aliphatic carbocycles. The van der Waals surface area contributed by atoms with Gasteiger partial charge in [-0.25, -0.2) is 0 Å². The van der Waals surface area contributed by atoms with E-state index < -0.39 is 21.7 Å². The minimum atomic E-state index is -0.462. The van der Waals surface area contributed by atoms with Crippen LogP contribution < -0.4 is 0 Å². The largest absolute Gasteiger partial charge is 0.438 e. The van der Waals surface area contributed by atoms with Crippen LogP contribution in [0.4, 0.5) is 0 Å². The quantitative estimate of drug-likeness (QED) is 0.0434. The van der Waals surface area contributed by atoms with Crippen molar-refractivity contribution in [3.63, 3.8) is 0 Å². The molecule has 0 unspecified atom stereocenters. The fourth-order valence-corrected chi connectivity index (χ4v) is 6.42. The van der Waals surface area contributed by atoms with Gasteiger partial charge in [-0.1, -0.05) is 126 Å². The minimum Gasteiger partial charge on any atom is -0.438 e. The average molecular weight is 949 g/mol. The second-order valence-electron chi connectivity index (χ2n) is 19.8. The van der Waals surface area contributed by atoms with E-state index in [0.717, 1.165) is 44.1 Å². The number of carbonyl (C=O) groups is 4. The van der Waals surface area contributed by atoms with Crippen molar-refractivity contribution in [3.05, 3.63) is 95.6 Å². The van der Waals surface area contributed by atoms with E-state index in [2.05, 4.69) is 53.3 Å². The number of fused-ring (bicyclic) bond motifs is 3. The first-order valence-corrected chi connectivity index (χ1v) is 24.4. The summed E-state index contributed by atoms with van der Waals surface area (Å²) in [6.45, 7) is 24.0. The molecular formula is C56H84O12. The van der Waals surface area contributed by atoms with Gasteiger partial charge in [0.2, 0.25) is 0 Å². The molecule has 12 heteroatoms. The molecule has 0 radical (unpaired) electrons. The lowest BCUT2D eigenvalue weighted by Crippen LogP contribution is -2.28. The average Bonchev–Trinajstić information content (AvgIpc) is 3.67. The highest BCUT2D eigenvalue weighted by atomic mass is 16.7. The Labute approximate surface area is 408 Å². The van der Waals surface area contributed by atoms with E-state index in [0.29, 0.717) is 19.3 Å². The van der Waals surface area contributed by atoms with Crippen LogP contribution in [0.15, 0.2) is 78.9 Å². The Kier molecular flexibility index (Phi) is 26.3. The number of methoxy groups -OCH3 is 1. The van der Waals surface area contributed by atoms with Gasteiger partial charge in [-0.3, -0.25) is 19.2 Å². The third-order valence-corrected chi connectivity index (χ3v) is 13.0. The summed E-state index contributed by atoms with van der Waals surface area (Å²) in [7, 11) is 1.49. The van der Waals surface area contributed by atoms with Crippen molar-refractivity contribution < 1.29 is 57.1 Å². The highest BCUT2D eigenvalue weighted by Crippen LogP contribution is 2.44. The third-order valence-electron chi connectivity index (χ3n) is 13.0. The molecule has 68 heavy (non-hydrogen) atoms. The molecule has 0 spiro atoms. The van der Waals surface area contributed by atoms with Crippen LogP contribution in [0.25, 0.3) is 11.1 Å². The van der Waals surface area contributed by atoms with Gasteiger partial charge in [-0.05, 0) is 122 Å². The molecule has 0 atom stereocenters. The van der Waals surface area contributed by atoms with Crippen LogP contribution >= 0.6 is 0 Å². The first-order valence-electron chi connectivity index (χ1n) is 24.4. The van der Waals surface area contributed by atoms with Gasteiger partial charge in [0.15, 0.2) is 27.2 Å². The predicted molar refractivity (Wildman–Crippen MR) is 266 cm³/mol. The maximum absolute atomic E-state index is 12.0. The van der Waals surface area contributed by atoms with Gasteiger partial charge < -0.3 is 37.9 Å². The Morgan fingerprint density at radius 3 is 1.29 bits per heavy atom. The molecule has 0 aromatic heterocycles. The predicted octanol–water partition coefficient (Wildman–Crippen LogP) is 12.7. The normalized spacial score (nSPS) is 13.7. The van der Waals surface area contributed by atoms with E-state index >= 15 is 0 Å². The van der Waals surface area contributed by atoms with E-state index in [1.165, 1.54) is 48.6 Å². The van der Waals surface area contributed by atoms with Crippen LogP contribution in [0.3, 0.4) is 0 Å². The number of ether oxygens (including phenoxy) is 8. The number of hydrogen-bond donors (Lipinski definition) is 0. The third kappa shape index (κ3) is 20.2. The topological polar surface area (TPSA) is 142 Å². The number of hydrogen-bond acceptors (Lipinski definition) is 12. The van der Waals surface area contributed by atoms with Crippen molar-refractivity contribution in [2.75, 3.05) is 40.9 Å². The molecule has 0 bridgehead atoms. The lowest BCUT2D eigenvalue weighted by atomic mass is 9.91. The number of rotatable bonds is 21. The van der Waals surface area contributed by atoms with Gasteiger partial charge in [0.1, 0.15) is 0 Å². The van der Waals surface area contributed by atoms with Gasteiger partial charge in [0.25, 0.3) is 0 Å². The fraction of sp³-hybridized carbons (Fsp3) is 0.607. The minimum absolute atomic E-state index is 0.00307. The van der Waals surface area contributed by atoms with E-state index in [1.807, 2.05) is 113 Å². The van der Waals surface area contributed by atoms with Crippen molar-refractivity contribution in [1.29, 1.82) is 0 Å². The summed E-state index contributed by atoms with van der Waals surface area (Å²) in [5.74, 6) is -0.603. The van der Waals surface area contributed by atoms with E-state index in [9.17, 15) is 19.2 Å². The first-order chi connectivity index (χ1) is 32.2. The smallest absolute Gasteiger partial charge is 0.313 e. The molecule has 0 heterocycles. The molecule has 0 saturated heterocycles. The molecule has 380 valence electrons. The summed E-state index contributed by atoms with van der Waals surface area (Å²) in [6.07, 6.45) is 9.35. The zero-order valence-corrected chi connectivity index (χ0v) is 43.7. The van der Waals surface area contributed by atoms with Crippen LogP contribution in [0.1, 0.15) is 163 Å². The molecule has 2 aliphatic rings. The lowest BCUT2D eigenvalue weighted by Gasteiger charge is -2.24. The Bertz CT molecular complexity index is 1880. The summed E-state index contributed by atoms with van der Waals surface area (Å²) in [6, 6.07) is 26.6. The van der Waals surface area contributed by atoms with Gasteiger partial charge in [-0.15, -0.1) is 0 Å². The first kappa shape index (κ1) is 59.5. The van der Waals surface area contributed by atoms with Crippen LogP contribution in [-0.2, 0) is 63.7 Å². The van der Waals surface area contributed by atoms with Crippen LogP contribution in [0.2, 0.25) is 0 Å². The van der Waals surface area contributed by atoms with Crippen molar-refractivity contribution in [2.24, 2.45) is 21.7 Å². The second-order valence-corrected chi connectivity index (χ2v) is 19.8. The van der Waals surface area contributed by atoms with Gasteiger partial charge in [0, 0.05) is 13.0 Å². The highest BCUT2D eigenvalue weighted by molar-refractivity contribution is 5.79. The summed E-state index contributed by atoms with van der Waals surface area (Å²) in [5, 5.41) is 0. The van der Waals surface area contributed by atoms with Crippen LogP contribution in [0.5, 0.6) is 0 Å². The molecule has 1 fully saturated rings. The monoisotopic (exact) mass is 949 g/mol. The maximum Gasteiger partial charge on any atom is 0.313 e. The SMILES string of the molecule is CCC(C)(C)C(=O)OCOC.CCC(C)(C)C(=O)OCOC1CCCCC1.CCC(C)(C)C(=O)OCOCC1c2ccccc2-c2ccccc21.CCC(C)(C)C(=O)OCOCc1ccccc1. The Balaban J connectivity index is 0.000000324. The summed E-state index contributed by atoms with van der Waals surface area (Å²) >= 11 is 0. The van der Waals surface area contributed by atoms with Crippen molar-refractivity contribution in [2.45, 2.75) is 160 Å². The second kappa shape index (κ2) is 30.1. The van der Waals surface area contributed by atoms with Gasteiger partial charge in [-0.2, -0.15) is 0 Å². The lowest BCUT2D eigenvalue weighted by molar-refractivity contribution is -0.172. The fourth-order valence-electron chi connectivity index (χ4n) is 6.42. The van der Waals surface area contributed by atoms with Crippen LogP contribution in [0, 0.1) is 21.7 Å². The maximum atomic E-state index is 12.0. The van der Waals surface area contributed by atoms with Crippen molar-refractivity contribution in [1.82, 2.24) is 0 Å². The molecular weight excluding hydrogens is 865 g/mol. The molecule has 0 aliphatic heterocycles. The van der Waals surface area contributed by atoms with Crippen molar-refractivity contribution in [3.8, 4) is 11.1 Å². The molecule has 3 aromatic rings. The summed E-state index contributed by atoms with van der Waals surface area (Å²) in [5.41, 5.74) is 4.48. The van der Waals surface area contributed by atoms with Gasteiger partial charge in [0.05, 0.1) is 41.0 Å². The number of benzene rings is 3. The molecule has 5 rings (SSSR count). The van der Waals surface area contributed by atoms with Crippen LogP contribution in [-0.4, -0.2) is 70.9 Å². The molecule has 12 nitrogen and oxygen atoms in total. The van der Waals surface area contributed by atoms with E-state index in [4.69, 9.17) is 33.2 Å². The van der Waals surface area contributed by atoms with Gasteiger partial charge >= 0.3 is 23.9 Å². The molecule has 0 N–H and O–H groups in total. The highest BCUT2D eigenvalue weighted by Gasteiger charge is 2.31. The van der Waals surface area contributed by atoms with E-state index in [1.54, 1.807) is 0 Å². The molecule has 0 amide bonds. The van der Waals surface area contributed by atoms with Crippen molar-refractivity contribution >= 4 is 23.9 Å². The van der Waals surface area contributed by atoms with E-state index in [-0.39, 0.29) is 57.0 Å². The Hall–Kier alpha value is -4.62. The zero-order valence-electron chi connectivity index (χ0n) is 43.7. The number of esters is 4. The molecule has 1 saturated carbocycles. The zero-order chi connectivity index (χ0) is 50.8. The Morgan fingerprint density at radius 2 is 0.868 bits per heavy atom. The number of carbonyl (C=O) groups excluding carboxylic acids is 4.